The zero-order valence-electron chi connectivity index (χ0n) is 10.7. The van der Waals surface area contributed by atoms with Crippen LogP contribution in [0.5, 0.6) is 5.75 Å². The molecule has 0 aromatic heterocycles. The zero-order valence-corrected chi connectivity index (χ0v) is 10.7. The fraction of sp³-hybridized carbons (Fsp3) is 0.538. The molecule has 0 bridgehead atoms. The van der Waals surface area contributed by atoms with E-state index in [9.17, 15) is 0 Å². The van der Waals surface area contributed by atoms with E-state index >= 15 is 0 Å². The Morgan fingerprint density at radius 2 is 1.81 bits per heavy atom. The van der Waals surface area contributed by atoms with Gasteiger partial charge in [0.05, 0.1) is 12.8 Å². The molecule has 3 heteroatoms. The van der Waals surface area contributed by atoms with Crippen LogP contribution in [0.3, 0.4) is 0 Å². The zero-order chi connectivity index (χ0) is 12.0. The van der Waals surface area contributed by atoms with E-state index in [1.54, 1.807) is 7.11 Å². The molecule has 0 aliphatic rings. The van der Waals surface area contributed by atoms with Crippen molar-refractivity contribution in [1.29, 1.82) is 0 Å². The normalized spacial score (nSPS) is 10.2. The molecule has 0 saturated carbocycles. The van der Waals surface area contributed by atoms with Gasteiger partial charge in [-0.2, -0.15) is 0 Å². The van der Waals surface area contributed by atoms with Crippen molar-refractivity contribution >= 4 is 5.69 Å². The lowest BCUT2D eigenvalue weighted by Crippen LogP contribution is -2.21. The molecule has 0 radical (unpaired) electrons. The van der Waals surface area contributed by atoms with Gasteiger partial charge in [-0.1, -0.05) is 6.92 Å². The highest BCUT2D eigenvalue weighted by atomic mass is 16.5. The molecule has 1 aromatic rings. The molecule has 1 rings (SSSR count). The number of anilines is 1. The minimum Gasteiger partial charge on any atom is -0.495 e. The summed E-state index contributed by atoms with van der Waals surface area (Å²) in [6, 6.07) is 4.21. The van der Waals surface area contributed by atoms with Crippen molar-refractivity contribution < 1.29 is 4.74 Å². The third-order valence-corrected chi connectivity index (χ3v) is 2.68. The van der Waals surface area contributed by atoms with E-state index in [2.05, 4.69) is 43.5 Å². The standard InChI is InChI=1S/C13H22N2O/c1-5-14-6-7-15-12-8-10(2)11(3)9-13(12)16-4/h8-9,14-15H,5-7H2,1-4H3. The topological polar surface area (TPSA) is 33.3 Å². The van der Waals surface area contributed by atoms with E-state index in [0.717, 1.165) is 31.1 Å². The van der Waals surface area contributed by atoms with Crippen LogP contribution >= 0.6 is 0 Å². The summed E-state index contributed by atoms with van der Waals surface area (Å²) in [4.78, 5) is 0. The predicted octanol–water partition coefficient (Wildman–Crippen LogP) is 2.33. The van der Waals surface area contributed by atoms with E-state index < -0.39 is 0 Å². The Morgan fingerprint density at radius 3 is 2.44 bits per heavy atom. The minimum absolute atomic E-state index is 0.909. The summed E-state index contributed by atoms with van der Waals surface area (Å²) in [5.74, 6) is 0.916. The van der Waals surface area contributed by atoms with Gasteiger partial charge < -0.3 is 15.4 Å². The summed E-state index contributed by atoms with van der Waals surface area (Å²) >= 11 is 0. The Bertz CT molecular complexity index is 337. The maximum atomic E-state index is 5.36. The van der Waals surface area contributed by atoms with Gasteiger partial charge in [0.15, 0.2) is 0 Å². The van der Waals surface area contributed by atoms with E-state index in [4.69, 9.17) is 4.74 Å². The molecule has 0 unspecified atom stereocenters. The fourth-order valence-corrected chi connectivity index (χ4v) is 1.56. The van der Waals surface area contributed by atoms with Gasteiger partial charge in [-0.3, -0.25) is 0 Å². The molecule has 0 spiro atoms. The van der Waals surface area contributed by atoms with Crippen LogP contribution in [-0.4, -0.2) is 26.7 Å². The maximum Gasteiger partial charge on any atom is 0.142 e. The minimum atomic E-state index is 0.909. The third kappa shape index (κ3) is 3.42. The lowest BCUT2D eigenvalue weighted by molar-refractivity contribution is 0.416. The Labute approximate surface area is 98.2 Å². The van der Waals surface area contributed by atoms with E-state index in [-0.39, 0.29) is 0 Å². The Kier molecular flexibility index (Phi) is 5.12. The molecule has 0 amide bonds. The van der Waals surface area contributed by atoms with E-state index in [1.807, 2.05) is 0 Å². The first-order valence-corrected chi connectivity index (χ1v) is 5.78. The second-order valence-corrected chi connectivity index (χ2v) is 3.92. The van der Waals surface area contributed by atoms with Crippen LogP contribution in [0.25, 0.3) is 0 Å². The second kappa shape index (κ2) is 6.38. The Balaban J connectivity index is 2.66. The highest BCUT2D eigenvalue weighted by molar-refractivity contribution is 5.60. The highest BCUT2D eigenvalue weighted by Gasteiger charge is 2.04. The summed E-state index contributed by atoms with van der Waals surface area (Å²) in [7, 11) is 1.71. The predicted molar refractivity (Wildman–Crippen MR) is 69.5 cm³/mol. The smallest absolute Gasteiger partial charge is 0.142 e. The average Bonchev–Trinajstić information content (AvgIpc) is 2.28. The SMILES string of the molecule is CCNCCNc1cc(C)c(C)cc1OC. The van der Waals surface area contributed by atoms with Gasteiger partial charge >= 0.3 is 0 Å². The Morgan fingerprint density at radius 1 is 1.12 bits per heavy atom. The van der Waals surface area contributed by atoms with Crippen LogP contribution < -0.4 is 15.4 Å². The number of aryl methyl sites for hydroxylation is 2. The van der Waals surface area contributed by atoms with Crippen molar-refractivity contribution in [3.8, 4) is 5.75 Å². The highest BCUT2D eigenvalue weighted by Crippen LogP contribution is 2.27. The average molecular weight is 222 g/mol. The van der Waals surface area contributed by atoms with Gasteiger partial charge in [0.2, 0.25) is 0 Å². The number of likely N-dealkylation sites (N-methyl/N-ethyl adjacent to an activating group) is 1. The van der Waals surface area contributed by atoms with Crippen LogP contribution in [0, 0.1) is 13.8 Å². The molecule has 0 aliphatic carbocycles. The first-order chi connectivity index (χ1) is 7.69. The molecular weight excluding hydrogens is 200 g/mol. The van der Waals surface area contributed by atoms with Gasteiger partial charge in [0.25, 0.3) is 0 Å². The molecule has 90 valence electrons. The van der Waals surface area contributed by atoms with Gasteiger partial charge in [-0.15, -0.1) is 0 Å². The quantitative estimate of drug-likeness (QED) is 0.725. The summed E-state index contributed by atoms with van der Waals surface area (Å²) in [5, 5.41) is 6.66. The molecule has 3 nitrogen and oxygen atoms in total. The van der Waals surface area contributed by atoms with Crippen LogP contribution in [0.4, 0.5) is 5.69 Å². The number of methoxy groups -OCH3 is 1. The van der Waals surface area contributed by atoms with Crippen molar-refractivity contribution in [1.82, 2.24) is 5.32 Å². The molecular formula is C13H22N2O. The van der Waals surface area contributed by atoms with Crippen molar-refractivity contribution in [2.45, 2.75) is 20.8 Å². The number of benzene rings is 1. The Hall–Kier alpha value is -1.22. The first kappa shape index (κ1) is 12.8. The maximum absolute atomic E-state index is 5.36. The van der Waals surface area contributed by atoms with Crippen molar-refractivity contribution in [2.24, 2.45) is 0 Å². The number of ether oxygens (including phenoxy) is 1. The molecule has 0 aliphatic heterocycles. The van der Waals surface area contributed by atoms with Gasteiger partial charge in [0, 0.05) is 13.1 Å². The summed E-state index contributed by atoms with van der Waals surface area (Å²) in [5.41, 5.74) is 3.62. The summed E-state index contributed by atoms with van der Waals surface area (Å²) < 4.78 is 5.36. The largest absolute Gasteiger partial charge is 0.495 e. The molecule has 1 aromatic carbocycles. The first-order valence-electron chi connectivity index (χ1n) is 5.78. The molecule has 0 heterocycles. The van der Waals surface area contributed by atoms with Crippen LogP contribution in [-0.2, 0) is 0 Å². The molecule has 2 N–H and O–H groups in total. The number of hydrogen-bond donors (Lipinski definition) is 2. The second-order valence-electron chi connectivity index (χ2n) is 3.92. The molecule has 16 heavy (non-hydrogen) atoms. The van der Waals surface area contributed by atoms with Crippen molar-refractivity contribution in [3.63, 3.8) is 0 Å². The lowest BCUT2D eigenvalue weighted by atomic mass is 10.1. The monoisotopic (exact) mass is 222 g/mol. The molecule has 0 saturated heterocycles. The van der Waals surface area contributed by atoms with Gasteiger partial charge in [-0.05, 0) is 43.7 Å². The third-order valence-electron chi connectivity index (χ3n) is 2.68. The fourth-order valence-electron chi connectivity index (χ4n) is 1.56. The number of rotatable bonds is 6. The summed E-state index contributed by atoms with van der Waals surface area (Å²) in [6.45, 7) is 9.20. The van der Waals surface area contributed by atoms with Crippen molar-refractivity contribution in [3.05, 3.63) is 23.3 Å². The van der Waals surface area contributed by atoms with Gasteiger partial charge in [0.1, 0.15) is 5.75 Å². The van der Waals surface area contributed by atoms with Crippen LogP contribution in [0.15, 0.2) is 12.1 Å². The van der Waals surface area contributed by atoms with E-state index in [1.165, 1.54) is 11.1 Å². The molecule has 0 atom stereocenters. The van der Waals surface area contributed by atoms with E-state index in [0.29, 0.717) is 0 Å². The van der Waals surface area contributed by atoms with Crippen molar-refractivity contribution in [2.75, 3.05) is 32.1 Å². The van der Waals surface area contributed by atoms with Gasteiger partial charge in [-0.25, -0.2) is 0 Å². The molecule has 0 fully saturated rings. The van der Waals surface area contributed by atoms with Crippen LogP contribution in [0.1, 0.15) is 18.1 Å². The lowest BCUT2D eigenvalue weighted by Gasteiger charge is -2.13. The summed E-state index contributed by atoms with van der Waals surface area (Å²) in [6.07, 6.45) is 0. The van der Waals surface area contributed by atoms with Crippen LogP contribution in [0.2, 0.25) is 0 Å². The number of nitrogens with one attached hydrogen (secondary N) is 2. The number of hydrogen-bond acceptors (Lipinski definition) is 3.